The van der Waals surface area contributed by atoms with Gasteiger partial charge < -0.3 is 15.0 Å². The average molecular weight is 411 g/mol. The first-order chi connectivity index (χ1) is 12.9. The second-order valence-electron chi connectivity index (χ2n) is 6.80. The third-order valence-corrected chi connectivity index (χ3v) is 7.23. The predicted molar refractivity (Wildman–Crippen MR) is 106 cm³/mol. The van der Waals surface area contributed by atoms with E-state index in [1.807, 2.05) is 18.2 Å². The summed E-state index contributed by atoms with van der Waals surface area (Å²) in [6.07, 6.45) is 2.39. The maximum absolute atomic E-state index is 12.6. The largest absolute Gasteiger partial charge is 0.378 e. The van der Waals surface area contributed by atoms with Crippen LogP contribution in [0.2, 0.25) is 0 Å². The normalized spacial score (nSPS) is 21.7. The van der Waals surface area contributed by atoms with Crippen molar-refractivity contribution in [3.63, 3.8) is 0 Å². The van der Waals surface area contributed by atoms with Crippen molar-refractivity contribution >= 4 is 48.3 Å². The fraction of sp³-hybridized carbons (Fsp3) is 0.529. The summed E-state index contributed by atoms with van der Waals surface area (Å²) in [7, 11) is -3.38. The highest BCUT2D eigenvalue weighted by molar-refractivity contribution is 7.88. The minimum absolute atomic E-state index is 0.282. The molecule has 2 aliphatic heterocycles. The minimum atomic E-state index is -3.38. The molecule has 1 aromatic heterocycles. The van der Waals surface area contributed by atoms with E-state index in [1.165, 1.54) is 4.31 Å². The summed E-state index contributed by atoms with van der Waals surface area (Å²) < 4.78 is 31.4. The Morgan fingerprint density at radius 1 is 1.30 bits per heavy atom. The molecule has 2 aromatic rings. The van der Waals surface area contributed by atoms with Crippen LogP contribution in [0.1, 0.15) is 12.8 Å². The Morgan fingerprint density at radius 3 is 2.81 bits per heavy atom. The number of benzene rings is 1. The maximum Gasteiger partial charge on any atom is 0.242 e. The Hall–Kier alpha value is -1.75. The number of fused-ring (bicyclic) bond motifs is 1. The highest BCUT2D eigenvalue weighted by Crippen LogP contribution is 2.31. The van der Waals surface area contributed by atoms with Crippen molar-refractivity contribution in [1.29, 1.82) is 0 Å². The zero-order valence-corrected chi connectivity index (χ0v) is 16.7. The number of nitrogens with zero attached hydrogens (tertiary/aromatic N) is 3. The number of carbonyl (C=O) groups excluding carboxylic acids is 1. The van der Waals surface area contributed by atoms with Crippen LogP contribution in [-0.2, 0) is 19.6 Å². The van der Waals surface area contributed by atoms with E-state index in [2.05, 4.69) is 15.2 Å². The van der Waals surface area contributed by atoms with Crippen LogP contribution in [0.15, 0.2) is 18.2 Å². The van der Waals surface area contributed by atoms with Gasteiger partial charge in [0.05, 0.1) is 29.7 Å². The Balaban J connectivity index is 1.51. The van der Waals surface area contributed by atoms with E-state index in [9.17, 15) is 13.2 Å². The molecular weight excluding hydrogens is 388 g/mol. The first kappa shape index (κ1) is 18.6. The average Bonchev–Trinajstić information content (AvgIpc) is 3.29. The van der Waals surface area contributed by atoms with Crippen LogP contribution in [0.5, 0.6) is 0 Å². The molecular formula is C17H22N4O4S2. The van der Waals surface area contributed by atoms with E-state index < -0.39 is 16.1 Å². The molecule has 2 saturated heterocycles. The Kier molecular flexibility index (Phi) is 5.06. The van der Waals surface area contributed by atoms with Crippen molar-refractivity contribution in [2.24, 2.45) is 0 Å². The lowest BCUT2D eigenvalue weighted by Crippen LogP contribution is -2.42. The lowest BCUT2D eigenvalue weighted by molar-refractivity contribution is -0.119. The zero-order valence-electron chi connectivity index (χ0n) is 15.1. The van der Waals surface area contributed by atoms with Crippen molar-refractivity contribution in [3.8, 4) is 0 Å². The van der Waals surface area contributed by atoms with Gasteiger partial charge in [-0.3, -0.25) is 4.79 Å². The summed E-state index contributed by atoms with van der Waals surface area (Å²) in [6.45, 7) is 3.46. The van der Waals surface area contributed by atoms with Gasteiger partial charge in [-0.05, 0) is 31.0 Å². The summed E-state index contributed by atoms with van der Waals surface area (Å²) >= 11 is 1.58. The standard InChI is InChI=1S/C17H22N4O4S2/c1-27(23,24)21-6-2-3-14(21)16(22)18-12-4-5-13-15(11-12)26-17(19-13)20-7-9-25-10-8-20/h4-5,11,14H,2-3,6-10H2,1H3,(H,18,22)/t14-/m1/s1. The molecule has 146 valence electrons. The smallest absolute Gasteiger partial charge is 0.242 e. The lowest BCUT2D eigenvalue weighted by atomic mass is 10.2. The van der Waals surface area contributed by atoms with E-state index in [0.717, 1.165) is 34.7 Å². The van der Waals surface area contributed by atoms with Crippen LogP contribution >= 0.6 is 11.3 Å². The maximum atomic E-state index is 12.6. The SMILES string of the molecule is CS(=O)(=O)N1CCC[C@@H]1C(=O)Nc1ccc2nc(N3CCOCC3)sc2c1. The monoisotopic (exact) mass is 410 g/mol. The molecule has 3 heterocycles. The predicted octanol–water partition coefficient (Wildman–Crippen LogP) is 1.50. The van der Waals surface area contributed by atoms with E-state index in [1.54, 1.807) is 11.3 Å². The molecule has 0 bridgehead atoms. The van der Waals surface area contributed by atoms with Gasteiger partial charge in [0.25, 0.3) is 0 Å². The number of hydrogen-bond acceptors (Lipinski definition) is 7. The Bertz CT molecular complexity index is 953. The van der Waals surface area contributed by atoms with Crippen molar-refractivity contribution in [2.75, 3.05) is 49.3 Å². The number of amides is 1. The van der Waals surface area contributed by atoms with Crippen LogP contribution in [0.4, 0.5) is 10.8 Å². The zero-order chi connectivity index (χ0) is 19.0. The summed E-state index contributed by atoms with van der Waals surface area (Å²) in [5.41, 5.74) is 1.54. The number of rotatable bonds is 4. The van der Waals surface area contributed by atoms with E-state index in [-0.39, 0.29) is 5.91 Å². The molecule has 1 N–H and O–H groups in total. The quantitative estimate of drug-likeness (QED) is 0.821. The van der Waals surface area contributed by atoms with Crippen molar-refractivity contribution < 1.29 is 17.9 Å². The number of nitrogens with one attached hydrogen (secondary N) is 1. The van der Waals surface area contributed by atoms with Crippen molar-refractivity contribution in [1.82, 2.24) is 9.29 Å². The number of aromatic nitrogens is 1. The number of morpholine rings is 1. The molecule has 0 aliphatic carbocycles. The topological polar surface area (TPSA) is 91.8 Å². The molecule has 8 nitrogen and oxygen atoms in total. The summed E-state index contributed by atoms with van der Waals surface area (Å²) in [5, 5.41) is 3.82. The van der Waals surface area contributed by atoms with Gasteiger partial charge >= 0.3 is 0 Å². The molecule has 4 rings (SSSR count). The molecule has 1 aromatic carbocycles. The highest BCUT2D eigenvalue weighted by Gasteiger charge is 2.36. The van der Waals surface area contributed by atoms with Gasteiger partial charge in [-0.2, -0.15) is 4.31 Å². The highest BCUT2D eigenvalue weighted by atomic mass is 32.2. The molecule has 0 saturated carbocycles. The second-order valence-corrected chi connectivity index (χ2v) is 9.74. The molecule has 0 spiro atoms. The molecule has 10 heteroatoms. The number of ether oxygens (including phenoxy) is 1. The van der Waals surface area contributed by atoms with E-state index in [4.69, 9.17) is 4.74 Å². The van der Waals surface area contributed by atoms with Crippen LogP contribution in [0, 0.1) is 0 Å². The fourth-order valence-corrected chi connectivity index (χ4v) is 5.69. The Labute approximate surface area is 162 Å². The van der Waals surface area contributed by atoms with Gasteiger partial charge in [-0.1, -0.05) is 11.3 Å². The molecule has 2 fully saturated rings. The summed E-state index contributed by atoms with van der Waals surface area (Å²) in [4.78, 5) is 19.5. The molecule has 27 heavy (non-hydrogen) atoms. The fourth-order valence-electron chi connectivity index (χ4n) is 3.50. The number of hydrogen-bond donors (Lipinski definition) is 1. The van der Waals surface area contributed by atoms with Crippen LogP contribution in [-0.4, -0.2) is 68.8 Å². The molecule has 1 atom stereocenters. The van der Waals surface area contributed by atoms with Gasteiger partial charge in [0, 0.05) is 25.3 Å². The van der Waals surface area contributed by atoms with Crippen LogP contribution < -0.4 is 10.2 Å². The third kappa shape index (κ3) is 3.93. The lowest BCUT2D eigenvalue weighted by Gasteiger charge is -2.25. The third-order valence-electron chi connectivity index (χ3n) is 4.86. The Morgan fingerprint density at radius 2 is 2.07 bits per heavy atom. The van der Waals surface area contributed by atoms with Gasteiger partial charge in [0.15, 0.2) is 5.13 Å². The number of carbonyl (C=O) groups is 1. The first-order valence-electron chi connectivity index (χ1n) is 8.93. The second kappa shape index (κ2) is 7.34. The van der Waals surface area contributed by atoms with Crippen LogP contribution in [0.3, 0.4) is 0 Å². The molecule has 2 aliphatic rings. The van der Waals surface area contributed by atoms with E-state index in [0.29, 0.717) is 38.3 Å². The number of thiazole rings is 1. The van der Waals surface area contributed by atoms with Crippen molar-refractivity contribution in [3.05, 3.63) is 18.2 Å². The van der Waals surface area contributed by atoms with Crippen molar-refractivity contribution in [2.45, 2.75) is 18.9 Å². The van der Waals surface area contributed by atoms with Crippen LogP contribution in [0.25, 0.3) is 10.2 Å². The number of sulfonamides is 1. The molecule has 0 unspecified atom stereocenters. The molecule has 0 radical (unpaired) electrons. The summed E-state index contributed by atoms with van der Waals surface area (Å²) in [5.74, 6) is -0.282. The van der Waals surface area contributed by atoms with Gasteiger partial charge in [0.2, 0.25) is 15.9 Å². The minimum Gasteiger partial charge on any atom is -0.378 e. The van der Waals surface area contributed by atoms with Gasteiger partial charge in [-0.25, -0.2) is 13.4 Å². The van der Waals surface area contributed by atoms with E-state index >= 15 is 0 Å². The van der Waals surface area contributed by atoms with Gasteiger partial charge in [-0.15, -0.1) is 0 Å². The summed E-state index contributed by atoms with van der Waals surface area (Å²) in [6, 6.07) is 4.95. The molecule has 1 amide bonds. The van der Waals surface area contributed by atoms with Gasteiger partial charge in [0.1, 0.15) is 6.04 Å². The first-order valence-corrected chi connectivity index (χ1v) is 11.6. The number of anilines is 2.